The minimum atomic E-state index is 0.472. The Morgan fingerprint density at radius 1 is 1.43 bits per heavy atom. The van der Waals surface area contributed by atoms with E-state index in [1.54, 1.807) is 7.11 Å². The predicted octanol–water partition coefficient (Wildman–Crippen LogP) is 3.08. The number of anilines is 1. The SMILES string of the molecule is CCCCN1CCCCC1CN=C(N)Nc1cccc(OC)c1. The average Bonchev–Trinajstić information content (AvgIpc) is 2.59. The fraction of sp³-hybridized carbons (Fsp3) is 0.611. The number of aliphatic imine (C=N–C) groups is 1. The molecular formula is C18H30N4O. The van der Waals surface area contributed by atoms with E-state index in [1.165, 1.54) is 45.2 Å². The van der Waals surface area contributed by atoms with Crippen molar-refractivity contribution in [3.8, 4) is 5.75 Å². The Kier molecular flexibility index (Phi) is 7.20. The Labute approximate surface area is 139 Å². The van der Waals surface area contributed by atoms with Crippen LogP contribution in [0.25, 0.3) is 0 Å². The maximum atomic E-state index is 6.04. The quantitative estimate of drug-likeness (QED) is 0.599. The summed E-state index contributed by atoms with van der Waals surface area (Å²) in [6.45, 7) is 5.39. The first-order valence-electron chi connectivity index (χ1n) is 8.68. The van der Waals surface area contributed by atoms with Gasteiger partial charge in [0, 0.05) is 17.8 Å². The summed E-state index contributed by atoms with van der Waals surface area (Å²) in [6.07, 6.45) is 6.33. The number of rotatable bonds is 7. The topological polar surface area (TPSA) is 62.9 Å². The van der Waals surface area contributed by atoms with Gasteiger partial charge in [-0.1, -0.05) is 25.8 Å². The second kappa shape index (κ2) is 9.40. The van der Waals surface area contributed by atoms with Crippen LogP contribution in [-0.2, 0) is 0 Å². The summed E-state index contributed by atoms with van der Waals surface area (Å²) >= 11 is 0. The van der Waals surface area contributed by atoms with E-state index in [0.29, 0.717) is 12.0 Å². The van der Waals surface area contributed by atoms with Gasteiger partial charge >= 0.3 is 0 Å². The molecular weight excluding hydrogens is 288 g/mol. The molecule has 1 saturated heterocycles. The summed E-state index contributed by atoms with van der Waals surface area (Å²) in [5.41, 5.74) is 6.94. The molecule has 5 nitrogen and oxygen atoms in total. The second-order valence-corrected chi connectivity index (χ2v) is 6.12. The number of nitrogens with one attached hydrogen (secondary N) is 1. The number of hydrogen-bond donors (Lipinski definition) is 2. The maximum Gasteiger partial charge on any atom is 0.193 e. The Balaban J connectivity index is 1.89. The molecule has 0 aliphatic carbocycles. The molecule has 0 radical (unpaired) electrons. The molecule has 1 fully saturated rings. The van der Waals surface area contributed by atoms with Crippen LogP contribution < -0.4 is 15.8 Å². The van der Waals surface area contributed by atoms with Gasteiger partial charge in [-0.05, 0) is 44.5 Å². The van der Waals surface area contributed by atoms with Crippen LogP contribution in [0.15, 0.2) is 29.3 Å². The Morgan fingerprint density at radius 2 is 2.30 bits per heavy atom. The molecule has 1 heterocycles. The zero-order valence-electron chi connectivity index (χ0n) is 14.4. The lowest BCUT2D eigenvalue weighted by atomic mass is 10.0. The van der Waals surface area contributed by atoms with E-state index in [0.717, 1.165) is 18.0 Å². The number of methoxy groups -OCH3 is 1. The third kappa shape index (κ3) is 5.75. The van der Waals surface area contributed by atoms with E-state index < -0.39 is 0 Å². The molecule has 1 aromatic rings. The van der Waals surface area contributed by atoms with Gasteiger partial charge in [0.2, 0.25) is 0 Å². The number of nitrogens with two attached hydrogens (primary N) is 1. The molecule has 128 valence electrons. The highest BCUT2D eigenvalue weighted by Crippen LogP contribution is 2.18. The Bertz CT molecular complexity index is 504. The molecule has 3 N–H and O–H groups in total. The van der Waals surface area contributed by atoms with Crippen LogP contribution in [0.4, 0.5) is 5.69 Å². The zero-order chi connectivity index (χ0) is 16.5. The highest BCUT2D eigenvalue weighted by molar-refractivity contribution is 5.92. The molecule has 1 unspecified atom stereocenters. The van der Waals surface area contributed by atoms with Gasteiger partial charge in [0.05, 0.1) is 13.7 Å². The summed E-state index contributed by atoms with van der Waals surface area (Å²) in [4.78, 5) is 7.14. The van der Waals surface area contributed by atoms with Crippen LogP contribution in [0.5, 0.6) is 5.75 Å². The highest BCUT2D eigenvalue weighted by Gasteiger charge is 2.21. The van der Waals surface area contributed by atoms with E-state index >= 15 is 0 Å². The Hall–Kier alpha value is -1.75. The molecule has 1 aliphatic rings. The normalized spacial score (nSPS) is 19.6. The van der Waals surface area contributed by atoms with Gasteiger partial charge in [0.1, 0.15) is 5.75 Å². The first-order valence-corrected chi connectivity index (χ1v) is 8.68. The molecule has 23 heavy (non-hydrogen) atoms. The fourth-order valence-corrected chi connectivity index (χ4v) is 3.01. The number of nitrogens with zero attached hydrogens (tertiary/aromatic N) is 2. The lowest BCUT2D eigenvalue weighted by molar-refractivity contribution is 0.151. The van der Waals surface area contributed by atoms with E-state index in [-0.39, 0.29) is 0 Å². The molecule has 5 heteroatoms. The number of benzene rings is 1. The van der Waals surface area contributed by atoms with Crippen molar-refractivity contribution in [2.75, 3.05) is 32.1 Å². The van der Waals surface area contributed by atoms with Crippen molar-refractivity contribution in [1.82, 2.24) is 4.90 Å². The summed E-state index contributed by atoms with van der Waals surface area (Å²) < 4.78 is 5.22. The van der Waals surface area contributed by atoms with Crippen LogP contribution in [0.1, 0.15) is 39.0 Å². The van der Waals surface area contributed by atoms with Crippen LogP contribution in [0.2, 0.25) is 0 Å². The van der Waals surface area contributed by atoms with Gasteiger partial charge in [-0.2, -0.15) is 0 Å². The third-order valence-electron chi connectivity index (χ3n) is 4.36. The minimum Gasteiger partial charge on any atom is -0.497 e. The van der Waals surface area contributed by atoms with Crippen molar-refractivity contribution in [2.24, 2.45) is 10.7 Å². The summed E-state index contributed by atoms with van der Waals surface area (Å²) in [7, 11) is 1.66. The van der Waals surface area contributed by atoms with Crippen LogP contribution >= 0.6 is 0 Å². The minimum absolute atomic E-state index is 0.472. The molecule has 0 spiro atoms. The van der Waals surface area contributed by atoms with Gasteiger partial charge in [0.25, 0.3) is 0 Å². The number of unbranched alkanes of at least 4 members (excludes halogenated alkanes) is 1. The van der Waals surface area contributed by atoms with Gasteiger partial charge in [-0.3, -0.25) is 9.89 Å². The molecule has 2 rings (SSSR count). The molecule has 1 aliphatic heterocycles. The maximum absolute atomic E-state index is 6.04. The average molecular weight is 318 g/mol. The second-order valence-electron chi connectivity index (χ2n) is 6.12. The summed E-state index contributed by atoms with van der Waals surface area (Å²) in [6, 6.07) is 8.24. The molecule has 1 aromatic carbocycles. The third-order valence-corrected chi connectivity index (χ3v) is 4.36. The fourth-order valence-electron chi connectivity index (χ4n) is 3.01. The largest absolute Gasteiger partial charge is 0.497 e. The number of piperidine rings is 1. The summed E-state index contributed by atoms with van der Waals surface area (Å²) in [5.74, 6) is 1.28. The van der Waals surface area contributed by atoms with Crippen LogP contribution in [0.3, 0.4) is 0 Å². The zero-order valence-corrected chi connectivity index (χ0v) is 14.4. The van der Waals surface area contributed by atoms with E-state index in [2.05, 4.69) is 22.1 Å². The van der Waals surface area contributed by atoms with Gasteiger partial charge < -0.3 is 15.8 Å². The number of guanidine groups is 1. The monoisotopic (exact) mass is 318 g/mol. The Morgan fingerprint density at radius 3 is 3.09 bits per heavy atom. The molecule has 0 aromatic heterocycles. The van der Waals surface area contributed by atoms with E-state index in [9.17, 15) is 0 Å². The van der Waals surface area contributed by atoms with Crippen molar-refractivity contribution < 1.29 is 4.74 Å². The lowest BCUT2D eigenvalue weighted by Gasteiger charge is -2.34. The first kappa shape index (κ1) is 17.6. The van der Waals surface area contributed by atoms with Gasteiger partial charge in [0.15, 0.2) is 5.96 Å². The number of likely N-dealkylation sites (tertiary alicyclic amines) is 1. The highest BCUT2D eigenvalue weighted by atomic mass is 16.5. The molecule has 0 amide bonds. The van der Waals surface area contributed by atoms with Crippen molar-refractivity contribution in [1.29, 1.82) is 0 Å². The van der Waals surface area contributed by atoms with Gasteiger partial charge in [-0.25, -0.2) is 0 Å². The first-order chi connectivity index (χ1) is 11.2. The van der Waals surface area contributed by atoms with Gasteiger partial charge in [-0.15, -0.1) is 0 Å². The summed E-state index contributed by atoms with van der Waals surface area (Å²) in [5, 5.41) is 3.14. The molecule has 0 saturated carbocycles. The van der Waals surface area contributed by atoms with Crippen molar-refractivity contribution in [3.63, 3.8) is 0 Å². The van der Waals surface area contributed by atoms with E-state index in [4.69, 9.17) is 10.5 Å². The predicted molar refractivity (Wildman–Crippen MR) is 97.2 cm³/mol. The van der Waals surface area contributed by atoms with Crippen molar-refractivity contribution in [3.05, 3.63) is 24.3 Å². The lowest BCUT2D eigenvalue weighted by Crippen LogP contribution is -2.42. The molecule has 0 bridgehead atoms. The van der Waals surface area contributed by atoms with Crippen molar-refractivity contribution in [2.45, 2.75) is 45.1 Å². The standard InChI is InChI=1S/C18H30N4O/c1-3-4-11-22-12-6-5-9-16(22)14-20-18(19)21-15-8-7-10-17(13-15)23-2/h7-8,10,13,16H,3-6,9,11-12,14H2,1-2H3,(H3,19,20,21). The van der Waals surface area contributed by atoms with Crippen LogP contribution in [0, 0.1) is 0 Å². The number of hydrogen-bond acceptors (Lipinski definition) is 3. The number of ether oxygens (including phenoxy) is 1. The van der Waals surface area contributed by atoms with Crippen LogP contribution in [-0.4, -0.2) is 43.6 Å². The molecule has 1 atom stereocenters. The smallest absolute Gasteiger partial charge is 0.193 e. The van der Waals surface area contributed by atoms with E-state index in [1.807, 2.05) is 24.3 Å². The van der Waals surface area contributed by atoms with Crippen molar-refractivity contribution >= 4 is 11.6 Å².